The number of hydrogen-bond acceptors (Lipinski definition) is 4. The van der Waals surface area contributed by atoms with E-state index in [-0.39, 0.29) is 6.42 Å². The van der Waals surface area contributed by atoms with Crippen molar-refractivity contribution in [2.75, 3.05) is 12.4 Å². The predicted molar refractivity (Wildman–Crippen MR) is 76.1 cm³/mol. The second-order valence-electron chi connectivity index (χ2n) is 4.04. The maximum atomic E-state index is 11.8. The van der Waals surface area contributed by atoms with Crippen LogP contribution in [0.3, 0.4) is 0 Å². The summed E-state index contributed by atoms with van der Waals surface area (Å²) in [5.41, 5.74) is 0.713. The molecule has 0 radical (unpaired) electrons. The Morgan fingerprint density at radius 3 is 2.81 bits per heavy atom. The van der Waals surface area contributed by atoms with E-state index in [0.29, 0.717) is 17.0 Å². The minimum atomic E-state index is -1.16. The topological polar surface area (TPSA) is 111 Å². The molecule has 0 aliphatic heterocycles. The number of nitrogens with zero attached hydrogens (tertiary/aromatic N) is 1. The highest BCUT2D eigenvalue weighted by Crippen LogP contribution is 2.25. The van der Waals surface area contributed by atoms with Gasteiger partial charge in [0.15, 0.2) is 0 Å². The number of rotatable bonds is 6. The van der Waals surface area contributed by atoms with Gasteiger partial charge in [-0.1, -0.05) is 6.08 Å². The summed E-state index contributed by atoms with van der Waals surface area (Å²) in [7, 11) is 1.40. The molecule has 2 amide bonds. The van der Waals surface area contributed by atoms with Crippen molar-refractivity contribution in [3.63, 3.8) is 0 Å². The van der Waals surface area contributed by atoms with E-state index < -0.39 is 18.0 Å². The van der Waals surface area contributed by atoms with Crippen molar-refractivity contribution in [1.82, 2.24) is 5.32 Å². The lowest BCUT2D eigenvalue weighted by atomic mass is 10.2. The average molecular weight is 289 g/mol. The molecule has 21 heavy (non-hydrogen) atoms. The van der Waals surface area contributed by atoms with E-state index in [1.807, 2.05) is 6.07 Å². The largest absolute Gasteiger partial charge is 0.495 e. The number of urea groups is 1. The standard InChI is InChI=1S/C14H15N3O4/c1-3-4-11(13(18)19)17-14(20)16-10-6-5-9(8-15)7-12(10)21-2/h3,5-7,11H,1,4H2,2H3,(H,18,19)(H2,16,17,20). The zero-order chi connectivity index (χ0) is 15.8. The molecule has 1 rings (SSSR count). The molecule has 0 spiro atoms. The molecule has 3 N–H and O–H groups in total. The molecule has 0 aromatic heterocycles. The number of aliphatic carboxylic acids is 1. The van der Waals surface area contributed by atoms with Gasteiger partial charge < -0.3 is 20.5 Å². The van der Waals surface area contributed by atoms with Crippen LogP contribution in [0.1, 0.15) is 12.0 Å². The zero-order valence-electron chi connectivity index (χ0n) is 11.4. The number of methoxy groups -OCH3 is 1. The first-order chi connectivity index (χ1) is 10.0. The van der Waals surface area contributed by atoms with Crippen LogP contribution in [0.15, 0.2) is 30.9 Å². The van der Waals surface area contributed by atoms with Crippen LogP contribution in [0.2, 0.25) is 0 Å². The summed E-state index contributed by atoms with van der Waals surface area (Å²) in [5, 5.41) is 22.5. The number of nitriles is 1. The van der Waals surface area contributed by atoms with Crippen LogP contribution >= 0.6 is 0 Å². The van der Waals surface area contributed by atoms with Crippen LogP contribution < -0.4 is 15.4 Å². The number of benzene rings is 1. The monoisotopic (exact) mass is 289 g/mol. The molecule has 0 fully saturated rings. The van der Waals surface area contributed by atoms with Gasteiger partial charge in [-0.3, -0.25) is 0 Å². The van der Waals surface area contributed by atoms with Crippen molar-refractivity contribution < 1.29 is 19.4 Å². The molecule has 0 bridgehead atoms. The Hall–Kier alpha value is -3.01. The molecule has 0 aliphatic rings. The van der Waals surface area contributed by atoms with E-state index in [1.165, 1.54) is 31.4 Å². The normalized spacial score (nSPS) is 10.9. The predicted octanol–water partition coefficient (Wildman–Crippen LogP) is 1.72. The maximum absolute atomic E-state index is 11.8. The minimum absolute atomic E-state index is 0.104. The van der Waals surface area contributed by atoms with Gasteiger partial charge in [0.05, 0.1) is 24.4 Å². The molecular formula is C14H15N3O4. The minimum Gasteiger partial charge on any atom is -0.495 e. The van der Waals surface area contributed by atoms with Gasteiger partial charge in [0, 0.05) is 6.07 Å². The fourth-order valence-electron chi connectivity index (χ4n) is 1.57. The first-order valence-electron chi connectivity index (χ1n) is 6.01. The number of amides is 2. The third-order valence-electron chi connectivity index (χ3n) is 2.58. The highest BCUT2D eigenvalue weighted by Gasteiger charge is 2.18. The van der Waals surface area contributed by atoms with Crippen LogP contribution in [-0.4, -0.2) is 30.3 Å². The summed E-state index contributed by atoms with van der Waals surface area (Å²) in [6.45, 7) is 3.43. The Bertz CT molecular complexity index is 592. The quantitative estimate of drug-likeness (QED) is 0.690. The lowest BCUT2D eigenvalue weighted by Crippen LogP contribution is -2.42. The molecule has 0 heterocycles. The highest BCUT2D eigenvalue weighted by molar-refractivity contribution is 5.93. The molecule has 1 unspecified atom stereocenters. The van der Waals surface area contributed by atoms with E-state index in [2.05, 4.69) is 17.2 Å². The first-order valence-corrected chi connectivity index (χ1v) is 6.01. The van der Waals surface area contributed by atoms with E-state index >= 15 is 0 Å². The van der Waals surface area contributed by atoms with Crippen molar-refractivity contribution >= 4 is 17.7 Å². The fourth-order valence-corrected chi connectivity index (χ4v) is 1.57. The highest BCUT2D eigenvalue weighted by atomic mass is 16.5. The molecule has 110 valence electrons. The Labute approximate surface area is 121 Å². The Morgan fingerprint density at radius 1 is 1.57 bits per heavy atom. The van der Waals surface area contributed by atoms with Gasteiger partial charge in [-0.25, -0.2) is 9.59 Å². The number of carboxylic acid groups (broad SMARTS) is 1. The van der Waals surface area contributed by atoms with Gasteiger partial charge >= 0.3 is 12.0 Å². The van der Waals surface area contributed by atoms with Gasteiger partial charge in [0.2, 0.25) is 0 Å². The Kier molecular flexibility index (Phi) is 5.77. The van der Waals surface area contributed by atoms with Crippen LogP contribution in [-0.2, 0) is 4.79 Å². The van der Waals surface area contributed by atoms with E-state index in [4.69, 9.17) is 15.1 Å². The number of anilines is 1. The van der Waals surface area contributed by atoms with Gasteiger partial charge in [0.25, 0.3) is 0 Å². The van der Waals surface area contributed by atoms with E-state index in [1.54, 1.807) is 0 Å². The molecule has 7 nitrogen and oxygen atoms in total. The van der Waals surface area contributed by atoms with Gasteiger partial charge in [-0.2, -0.15) is 5.26 Å². The van der Waals surface area contributed by atoms with Crippen LogP contribution in [0, 0.1) is 11.3 Å². The lowest BCUT2D eigenvalue weighted by molar-refractivity contribution is -0.139. The molecule has 0 saturated carbocycles. The summed E-state index contributed by atoms with van der Waals surface area (Å²) < 4.78 is 5.06. The van der Waals surface area contributed by atoms with E-state index in [9.17, 15) is 9.59 Å². The van der Waals surface area contributed by atoms with Crippen molar-refractivity contribution in [3.05, 3.63) is 36.4 Å². The van der Waals surface area contributed by atoms with Crippen molar-refractivity contribution in [1.29, 1.82) is 5.26 Å². The summed E-state index contributed by atoms with van der Waals surface area (Å²) in [4.78, 5) is 22.7. The Morgan fingerprint density at radius 2 is 2.29 bits per heavy atom. The van der Waals surface area contributed by atoms with Crippen LogP contribution in [0.25, 0.3) is 0 Å². The summed E-state index contributed by atoms with van der Waals surface area (Å²) in [6.07, 6.45) is 1.51. The molecule has 1 aromatic rings. The molecule has 7 heteroatoms. The molecule has 0 saturated heterocycles. The molecule has 0 aliphatic carbocycles. The number of hydrogen-bond donors (Lipinski definition) is 3. The Balaban J connectivity index is 2.81. The second-order valence-corrected chi connectivity index (χ2v) is 4.04. The second kappa shape index (κ2) is 7.55. The average Bonchev–Trinajstić information content (AvgIpc) is 2.47. The van der Waals surface area contributed by atoms with Crippen molar-refractivity contribution in [2.24, 2.45) is 0 Å². The molecule has 1 aromatic carbocycles. The van der Waals surface area contributed by atoms with Crippen molar-refractivity contribution in [3.8, 4) is 11.8 Å². The summed E-state index contributed by atoms with van der Waals surface area (Å²) >= 11 is 0. The van der Waals surface area contributed by atoms with Gasteiger partial charge in [0.1, 0.15) is 11.8 Å². The van der Waals surface area contributed by atoms with E-state index in [0.717, 1.165) is 0 Å². The first kappa shape index (κ1) is 16.0. The number of ether oxygens (including phenoxy) is 1. The van der Waals surface area contributed by atoms with Crippen LogP contribution in [0.4, 0.5) is 10.5 Å². The third-order valence-corrected chi connectivity index (χ3v) is 2.58. The lowest BCUT2D eigenvalue weighted by Gasteiger charge is -2.15. The third kappa shape index (κ3) is 4.54. The fraction of sp³-hybridized carbons (Fsp3) is 0.214. The van der Waals surface area contributed by atoms with Gasteiger partial charge in [-0.05, 0) is 18.6 Å². The number of carbonyl (C=O) groups excluding carboxylic acids is 1. The van der Waals surface area contributed by atoms with Gasteiger partial charge in [-0.15, -0.1) is 6.58 Å². The number of carboxylic acids is 1. The number of nitrogens with one attached hydrogen (secondary N) is 2. The summed E-state index contributed by atoms with van der Waals surface area (Å²) in [5.74, 6) is -0.850. The maximum Gasteiger partial charge on any atom is 0.326 e. The van der Waals surface area contributed by atoms with Crippen molar-refractivity contribution in [2.45, 2.75) is 12.5 Å². The smallest absolute Gasteiger partial charge is 0.326 e. The zero-order valence-corrected chi connectivity index (χ0v) is 11.4. The number of carbonyl (C=O) groups is 2. The molecule has 1 atom stereocenters. The SMILES string of the molecule is C=CCC(NC(=O)Nc1ccc(C#N)cc1OC)C(=O)O. The van der Waals surface area contributed by atoms with Crippen LogP contribution in [0.5, 0.6) is 5.75 Å². The summed E-state index contributed by atoms with van der Waals surface area (Å²) in [6, 6.07) is 4.68. The molecular weight excluding hydrogens is 274 g/mol.